The van der Waals surface area contributed by atoms with Gasteiger partial charge in [-0.15, -0.1) is 0 Å². The molecule has 9 heteroatoms. The van der Waals surface area contributed by atoms with Gasteiger partial charge in [0.2, 0.25) is 15.9 Å². The number of methoxy groups -OCH3 is 1. The van der Waals surface area contributed by atoms with Crippen LogP contribution in [0.4, 0.5) is 5.69 Å². The Morgan fingerprint density at radius 1 is 1.00 bits per heavy atom. The smallest absolute Gasteiger partial charge is 0.245 e. The highest BCUT2D eigenvalue weighted by Gasteiger charge is 2.28. The van der Waals surface area contributed by atoms with Gasteiger partial charge in [-0.3, -0.25) is 4.79 Å². The number of sulfonamides is 1. The second kappa shape index (κ2) is 10.4. The Balaban J connectivity index is 1.92. The van der Waals surface area contributed by atoms with Gasteiger partial charge in [-0.05, 0) is 54.8 Å². The van der Waals surface area contributed by atoms with Gasteiger partial charge in [0.15, 0.2) is 0 Å². The summed E-state index contributed by atoms with van der Waals surface area (Å²) < 4.78 is 34.2. The molecule has 0 aliphatic carbocycles. The maximum absolute atomic E-state index is 13.2. The minimum atomic E-state index is -4.08. The molecule has 168 valence electrons. The number of aryl methyl sites for hydroxylation is 1. The first kappa shape index (κ1) is 24.1. The van der Waals surface area contributed by atoms with E-state index in [9.17, 15) is 13.2 Å². The Hall–Kier alpha value is -2.58. The molecule has 0 radical (unpaired) electrons. The van der Waals surface area contributed by atoms with Crippen LogP contribution in [0.1, 0.15) is 11.1 Å². The molecule has 3 rings (SSSR count). The fourth-order valence-electron chi connectivity index (χ4n) is 3.09. The van der Waals surface area contributed by atoms with Crippen LogP contribution in [0.3, 0.4) is 0 Å². The summed E-state index contributed by atoms with van der Waals surface area (Å²) in [7, 11) is -2.69. The van der Waals surface area contributed by atoms with Crippen molar-refractivity contribution in [3.63, 3.8) is 0 Å². The van der Waals surface area contributed by atoms with Crippen LogP contribution in [0.5, 0.6) is 5.75 Å². The van der Waals surface area contributed by atoms with Crippen molar-refractivity contribution >= 4 is 44.8 Å². The Kier molecular flexibility index (Phi) is 7.79. The quantitative estimate of drug-likeness (QED) is 0.471. The number of carbonyl (C=O) groups excluding carboxylic acids is 1. The molecule has 3 aromatic carbocycles. The van der Waals surface area contributed by atoms with Crippen LogP contribution in [0, 0.1) is 6.92 Å². The van der Waals surface area contributed by atoms with Gasteiger partial charge in [0, 0.05) is 5.69 Å². The number of anilines is 1. The average Bonchev–Trinajstić information content (AvgIpc) is 2.76. The van der Waals surface area contributed by atoms with Crippen LogP contribution < -0.4 is 14.8 Å². The van der Waals surface area contributed by atoms with Crippen LogP contribution in [0.25, 0.3) is 0 Å². The first-order valence-electron chi connectivity index (χ1n) is 9.66. The van der Waals surface area contributed by atoms with Crippen LogP contribution in [0.2, 0.25) is 10.0 Å². The van der Waals surface area contributed by atoms with E-state index in [0.29, 0.717) is 10.7 Å². The summed E-state index contributed by atoms with van der Waals surface area (Å²) in [5.74, 6) is -0.353. The molecule has 0 aliphatic heterocycles. The minimum absolute atomic E-state index is 0.0413. The molecular formula is C23H22Cl2N2O4S. The molecule has 0 saturated carbocycles. The molecule has 0 saturated heterocycles. The van der Waals surface area contributed by atoms with E-state index < -0.39 is 22.0 Å². The maximum Gasteiger partial charge on any atom is 0.245 e. The number of amides is 1. The molecule has 1 atom stereocenters. The van der Waals surface area contributed by atoms with Crippen molar-refractivity contribution in [2.24, 2.45) is 0 Å². The van der Waals surface area contributed by atoms with E-state index in [1.54, 1.807) is 31.2 Å². The van der Waals surface area contributed by atoms with E-state index in [1.165, 1.54) is 19.2 Å². The van der Waals surface area contributed by atoms with Crippen LogP contribution in [-0.4, -0.2) is 27.5 Å². The fraction of sp³-hybridized carbons (Fsp3) is 0.174. The highest BCUT2D eigenvalue weighted by molar-refractivity contribution is 7.89. The van der Waals surface area contributed by atoms with Gasteiger partial charge in [0.25, 0.3) is 0 Å². The van der Waals surface area contributed by atoms with Gasteiger partial charge < -0.3 is 10.1 Å². The lowest BCUT2D eigenvalue weighted by molar-refractivity contribution is -0.117. The molecule has 1 amide bonds. The second-order valence-corrected chi connectivity index (χ2v) is 9.63. The number of nitrogens with one attached hydrogen (secondary N) is 2. The number of hydrogen-bond acceptors (Lipinski definition) is 4. The predicted molar refractivity (Wildman–Crippen MR) is 127 cm³/mol. The van der Waals surface area contributed by atoms with E-state index in [4.69, 9.17) is 27.9 Å². The van der Waals surface area contributed by atoms with E-state index in [1.807, 2.05) is 30.3 Å². The molecule has 0 fully saturated rings. The minimum Gasteiger partial charge on any atom is -0.495 e. The molecular weight excluding hydrogens is 471 g/mol. The zero-order chi connectivity index (χ0) is 23.3. The molecule has 0 bridgehead atoms. The van der Waals surface area contributed by atoms with Gasteiger partial charge in [-0.2, -0.15) is 4.72 Å². The second-order valence-electron chi connectivity index (χ2n) is 7.14. The van der Waals surface area contributed by atoms with Gasteiger partial charge in [0.1, 0.15) is 16.7 Å². The van der Waals surface area contributed by atoms with Gasteiger partial charge in [-0.25, -0.2) is 8.42 Å². The standard InChI is InChI=1S/C23H22Cl2N2O4S/c1-15-8-11-21(31-2)22(12-15)32(29,30)27-20(13-16-6-4-3-5-7-16)23(28)26-17-9-10-18(24)19(25)14-17/h3-12,14,20,27H,13H2,1-2H3,(H,26,28)/t20-/m0/s1. The monoisotopic (exact) mass is 492 g/mol. The SMILES string of the molecule is COc1ccc(C)cc1S(=O)(=O)N[C@@H](Cc1ccccc1)C(=O)Nc1ccc(Cl)c(Cl)c1. The van der Waals surface area contributed by atoms with Crippen molar-refractivity contribution in [3.05, 3.63) is 87.9 Å². The van der Waals surface area contributed by atoms with E-state index in [-0.39, 0.29) is 22.1 Å². The number of hydrogen-bond donors (Lipinski definition) is 2. The zero-order valence-electron chi connectivity index (χ0n) is 17.4. The summed E-state index contributed by atoms with van der Waals surface area (Å²) in [5, 5.41) is 3.32. The highest BCUT2D eigenvalue weighted by atomic mass is 35.5. The maximum atomic E-state index is 13.2. The van der Waals surface area contributed by atoms with Crippen molar-refractivity contribution in [1.29, 1.82) is 0 Å². The molecule has 0 heterocycles. The van der Waals surface area contributed by atoms with Crippen molar-refractivity contribution in [2.45, 2.75) is 24.3 Å². The molecule has 3 aromatic rings. The Morgan fingerprint density at radius 3 is 2.38 bits per heavy atom. The van der Waals surface area contributed by atoms with Crippen LogP contribution >= 0.6 is 23.2 Å². The van der Waals surface area contributed by atoms with Gasteiger partial charge >= 0.3 is 0 Å². The fourth-order valence-corrected chi connectivity index (χ4v) is 4.83. The molecule has 0 aromatic heterocycles. The topological polar surface area (TPSA) is 84.5 Å². The predicted octanol–water partition coefficient (Wildman–Crippen LogP) is 4.84. The summed E-state index contributed by atoms with van der Waals surface area (Å²) >= 11 is 12.0. The number of ether oxygens (including phenoxy) is 1. The highest BCUT2D eigenvalue weighted by Crippen LogP contribution is 2.27. The van der Waals surface area contributed by atoms with Crippen molar-refractivity contribution in [2.75, 3.05) is 12.4 Å². The average molecular weight is 493 g/mol. The first-order valence-corrected chi connectivity index (χ1v) is 11.9. The normalized spacial score (nSPS) is 12.2. The van der Waals surface area contributed by atoms with E-state index in [2.05, 4.69) is 10.0 Å². The largest absolute Gasteiger partial charge is 0.495 e. The lowest BCUT2D eigenvalue weighted by Crippen LogP contribution is -2.45. The lowest BCUT2D eigenvalue weighted by Gasteiger charge is -2.20. The van der Waals surface area contributed by atoms with Crippen molar-refractivity contribution < 1.29 is 17.9 Å². The summed E-state index contributed by atoms with van der Waals surface area (Å²) in [6, 6.07) is 17.5. The van der Waals surface area contributed by atoms with Gasteiger partial charge in [0.05, 0.1) is 17.2 Å². The van der Waals surface area contributed by atoms with Crippen molar-refractivity contribution in [1.82, 2.24) is 4.72 Å². The molecule has 32 heavy (non-hydrogen) atoms. The van der Waals surface area contributed by atoms with E-state index in [0.717, 1.165) is 11.1 Å². The Bertz CT molecular complexity index is 1220. The third-order valence-corrected chi connectivity index (χ3v) is 6.92. The number of rotatable bonds is 8. The zero-order valence-corrected chi connectivity index (χ0v) is 19.8. The third kappa shape index (κ3) is 6.01. The summed E-state index contributed by atoms with van der Waals surface area (Å²) in [4.78, 5) is 13.1. The number of benzene rings is 3. The summed E-state index contributed by atoms with van der Waals surface area (Å²) in [6.45, 7) is 1.77. The van der Waals surface area contributed by atoms with Crippen molar-refractivity contribution in [3.8, 4) is 5.75 Å². The Morgan fingerprint density at radius 2 is 1.72 bits per heavy atom. The number of carbonyl (C=O) groups is 1. The lowest BCUT2D eigenvalue weighted by atomic mass is 10.1. The molecule has 2 N–H and O–H groups in total. The summed E-state index contributed by atoms with van der Waals surface area (Å²) in [5.41, 5.74) is 1.93. The van der Waals surface area contributed by atoms with Crippen LogP contribution in [0.15, 0.2) is 71.6 Å². The third-order valence-electron chi connectivity index (χ3n) is 4.69. The summed E-state index contributed by atoms with van der Waals surface area (Å²) in [6.07, 6.45) is 0.140. The molecule has 6 nitrogen and oxygen atoms in total. The Labute approximate surface area is 197 Å². The molecule has 0 aliphatic rings. The number of halogens is 2. The first-order chi connectivity index (χ1) is 15.2. The van der Waals surface area contributed by atoms with Crippen LogP contribution in [-0.2, 0) is 21.2 Å². The molecule has 0 spiro atoms. The van der Waals surface area contributed by atoms with E-state index >= 15 is 0 Å². The van der Waals surface area contributed by atoms with Gasteiger partial charge in [-0.1, -0.05) is 59.6 Å². The molecule has 0 unspecified atom stereocenters.